The SMILES string of the molecule is COc1ccc(C(=O)Nc2cc(F)ccc2C(=O)NCc2ncc(-c3ccccc3)o2)cc1. The Morgan fingerprint density at radius 2 is 1.76 bits per heavy atom. The first-order valence-corrected chi connectivity index (χ1v) is 10.1. The smallest absolute Gasteiger partial charge is 0.255 e. The van der Waals surface area contributed by atoms with Crippen molar-refractivity contribution in [2.24, 2.45) is 0 Å². The Balaban J connectivity index is 1.45. The van der Waals surface area contributed by atoms with Crippen molar-refractivity contribution in [2.75, 3.05) is 12.4 Å². The van der Waals surface area contributed by atoms with Gasteiger partial charge in [-0.05, 0) is 42.5 Å². The lowest BCUT2D eigenvalue weighted by molar-refractivity contribution is 0.0948. The van der Waals surface area contributed by atoms with Gasteiger partial charge in [-0.1, -0.05) is 30.3 Å². The van der Waals surface area contributed by atoms with Crippen molar-refractivity contribution in [2.45, 2.75) is 6.54 Å². The monoisotopic (exact) mass is 445 g/mol. The van der Waals surface area contributed by atoms with Gasteiger partial charge in [-0.3, -0.25) is 9.59 Å². The third-order valence-corrected chi connectivity index (χ3v) is 4.84. The fraction of sp³-hybridized carbons (Fsp3) is 0.0800. The number of benzene rings is 3. The maximum atomic E-state index is 13.9. The number of amides is 2. The molecule has 8 heteroatoms. The highest BCUT2D eigenvalue weighted by Gasteiger charge is 2.16. The molecule has 0 unspecified atom stereocenters. The van der Waals surface area contributed by atoms with Gasteiger partial charge in [0.05, 0.1) is 31.1 Å². The summed E-state index contributed by atoms with van der Waals surface area (Å²) in [6.07, 6.45) is 1.58. The minimum absolute atomic E-state index is 0.0227. The standard InChI is InChI=1S/C25H20FN3O4/c1-32-19-10-7-17(8-11-19)24(30)29-21-13-18(26)9-12-20(21)25(31)28-15-23-27-14-22(33-23)16-5-3-2-4-6-16/h2-14H,15H2,1H3,(H,28,31)(H,29,30). The molecule has 7 nitrogen and oxygen atoms in total. The topological polar surface area (TPSA) is 93.5 Å². The van der Waals surface area contributed by atoms with Gasteiger partial charge in [0.15, 0.2) is 5.76 Å². The van der Waals surface area contributed by atoms with Crippen molar-refractivity contribution in [1.82, 2.24) is 10.3 Å². The van der Waals surface area contributed by atoms with Gasteiger partial charge in [0.2, 0.25) is 5.89 Å². The van der Waals surface area contributed by atoms with Crippen molar-refractivity contribution < 1.29 is 23.1 Å². The number of methoxy groups -OCH3 is 1. The van der Waals surface area contributed by atoms with E-state index in [0.29, 0.717) is 23.0 Å². The molecule has 0 atom stereocenters. The first-order chi connectivity index (χ1) is 16.0. The molecule has 1 heterocycles. The molecule has 0 aliphatic rings. The number of hydrogen-bond donors (Lipinski definition) is 2. The van der Waals surface area contributed by atoms with Crippen LogP contribution in [0.4, 0.5) is 10.1 Å². The number of ether oxygens (including phenoxy) is 1. The normalized spacial score (nSPS) is 10.5. The minimum atomic E-state index is -0.586. The number of hydrogen-bond acceptors (Lipinski definition) is 5. The van der Waals surface area contributed by atoms with Gasteiger partial charge in [0, 0.05) is 11.1 Å². The predicted molar refractivity (Wildman–Crippen MR) is 120 cm³/mol. The van der Waals surface area contributed by atoms with E-state index in [9.17, 15) is 14.0 Å². The maximum absolute atomic E-state index is 13.9. The van der Waals surface area contributed by atoms with Crippen LogP contribution < -0.4 is 15.4 Å². The van der Waals surface area contributed by atoms with E-state index in [-0.39, 0.29) is 17.8 Å². The van der Waals surface area contributed by atoms with Gasteiger partial charge in [0.25, 0.3) is 11.8 Å². The molecule has 0 spiro atoms. The molecule has 0 aliphatic carbocycles. The highest BCUT2D eigenvalue weighted by Crippen LogP contribution is 2.21. The molecule has 166 valence electrons. The Kier molecular flexibility index (Phi) is 6.45. The van der Waals surface area contributed by atoms with Crippen molar-refractivity contribution in [3.63, 3.8) is 0 Å². The van der Waals surface area contributed by atoms with E-state index in [1.54, 1.807) is 30.5 Å². The molecular formula is C25H20FN3O4. The van der Waals surface area contributed by atoms with Crippen LogP contribution in [0.3, 0.4) is 0 Å². The summed E-state index contributed by atoms with van der Waals surface area (Å²) in [5, 5.41) is 5.27. The van der Waals surface area contributed by atoms with Gasteiger partial charge in [0.1, 0.15) is 11.6 Å². The van der Waals surface area contributed by atoms with Crippen molar-refractivity contribution >= 4 is 17.5 Å². The summed E-state index contributed by atoms with van der Waals surface area (Å²) in [7, 11) is 1.52. The van der Waals surface area contributed by atoms with E-state index in [1.165, 1.54) is 13.2 Å². The summed E-state index contributed by atoms with van der Waals surface area (Å²) in [5.41, 5.74) is 1.35. The number of nitrogens with zero attached hydrogens (tertiary/aromatic N) is 1. The van der Waals surface area contributed by atoms with Crippen LogP contribution in [0.5, 0.6) is 5.75 Å². The highest BCUT2D eigenvalue weighted by atomic mass is 19.1. The van der Waals surface area contributed by atoms with Crippen LogP contribution in [-0.2, 0) is 6.54 Å². The molecule has 3 aromatic carbocycles. The summed E-state index contributed by atoms with van der Waals surface area (Å²) >= 11 is 0. The Bertz CT molecular complexity index is 1270. The maximum Gasteiger partial charge on any atom is 0.255 e. The molecule has 4 aromatic rings. The first-order valence-electron chi connectivity index (χ1n) is 10.1. The molecule has 1 aromatic heterocycles. The number of oxazole rings is 1. The Hall–Kier alpha value is -4.46. The Morgan fingerprint density at radius 1 is 1.00 bits per heavy atom. The fourth-order valence-electron chi connectivity index (χ4n) is 3.13. The molecule has 0 saturated heterocycles. The largest absolute Gasteiger partial charge is 0.497 e. The van der Waals surface area contributed by atoms with Crippen LogP contribution in [0.1, 0.15) is 26.6 Å². The lowest BCUT2D eigenvalue weighted by Crippen LogP contribution is -2.25. The number of nitrogens with one attached hydrogen (secondary N) is 2. The first kappa shape index (κ1) is 21.8. The molecular weight excluding hydrogens is 425 g/mol. The van der Waals surface area contributed by atoms with Gasteiger partial charge >= 0.3 is 0 Å². The summed E-state index contributed by atoms with van der Waals surface area (Å²) in [6.45, 7) is 0.0227. The van der Waals surface area contributed by atoms with Crippen molar-refractivity contribution in [1.29, 1.82) is 0 Å². The second-order valence-corrected chi connectivity index (χ2v) is 7.04. The van der Waals surface area contributed by atoms with Crippen LogP contribution >= 0.6 is 0 Å². The molecule has 33 heavy (non-hydrogen) atoms. The van der Waals surface area contributed by atoms with E-state index in [1.807, 2.05) is 30.3 Å². The zero-order valence-corrected chi connectivity index (χ0v) is 17.7. The third-order valence-electron chi connectivity index (χ3n) is 4.84. The summed E-state index contributed by atoms with van der Waals surface area (Å²) < 4.78 is 24.6. The molecule has 0 fully saturated rings. The van der Waals surface area contributed by atoms with Crippen LogP contribution in [0.25, 0.3) is 11.3 Å². The van der Waals surface area contributed by atoms with Gasteiger partial charge < -0.3 is 19.8 Å². The Morgan fingerprint density at radius 3 is 2.48 bits per heavy atom. The number of anilines is 1. The summed E-state index contributed by atoms with van der Waals surface area (Å²) in [5.74, 6) is -0.102. The molecule has 2 amide bonds. The van der Waals surface area contributed by atoms with Crippen LogP contribution in [0, 0.1) is 5.82 Å². The highest BCUT2D eigenvalue weighted by molar-refractivity contribution is 6.09. The molecule has 2 N–H and O–H groups in total. The lowest BCUT2D eigenvalue weighted by Gasteiger charge is -2.11. The molecule has 0 bridgehead atoms. The number of carbonyl (C=O) groups excluding carboxylic acids is 2. The second-order valence-electron chi connectivity index (χ2n) is 7.04. The molecule has 0 aliphatic heterocycles. The zero-order valence-electron chi connectivity index (χ0n) is 17.7. The van der Waals surface area contributed by atoms with Crippen LogP contribution in [0.15, 0.2) is 83.4 Å². The quantitative estimate of drug-likeness (QED) is 0.431. The molecule has 4 rings (SSSR count). The third kappa shape index (κ3) is 5.24. The van der Waals surface area contributed by atoms with Crippen molar-refractivity contribution in [3.05, 3.63) is 102 Å². The van der Waals surface area contributed by atoms with Gasteiger partial charge in [-0.25, -0.2) is 9.37 Å². The molecule has 0 radical (unpaired) electrons. The number of aromatic nitrogens is 1. The zero-order chi connectivity index (χ0) is 23.2. The summed E-state index contributed by atoms with van der Waals surface area (Å²) in [6, 6.07) is 19.4. The minimum Gasteiger partial charge on any atom is -0.497 e. The van der Waals surface area contributed by atoms with Crippen molar-refractivity contribution in [3.8, 4) is 17.1 Å². The Labute approximate surface area is 189 Å². The van der Waals surface area contributed by atoms with Crippen LogP contribution in [0.2, 0.25) is 0 Å². The number of halogens is 1. The van der Waals surface area contributed by atoms with E-state index >= 15 is 0 Å². The second kappa shape index (κ2) is 9.78. The molecule has 0 saturated carbocycles. The lowest BCUT2D eigenvalue weighted by atomic mass is 10.1. The van der Waals surface area contributed by atoms with E-state index in [4.69, 9.17) is 9.15 Å². The average Bonchev–Trinajstić information content (AvgIpc) is 3.32. The number of carbonyl (C=O) groups is 2. The average molecular weight is 445 g/mol. The van der Waals surface area contributed by atoms with E-state index < -0.39 is 17.6 Å². The van der Waals surface area contributed by atoms with Gasteiger partial charge in [-0.15, -0.1) is 0 Å². The number of rotatable bonds is 7. The predicted octanol–water partition coefficient (Wildman–Crippen LogP) is 4.67. The van der Waals surface area contributed by atoms with Crippen LogP contribution in [-0.4, -0.2) is 23.9 Å². The van der Waals surface area contributed by atoms with E-state index in [2.05, 4.69) is 15.6 Å². The fourth-order valence-corrected chi connectivity index (χ4v) is 3.13. The van der Waals surface area contributed by atoms with Gasteiger partial charge in [-0.2, -0.15) is 0 Å². The van der Waals surface area contributed by atoms with E-state index in [0.717, 1.165) is 17.7 Å². The summed E-state index contributed by atoms with van der Waals surface area (Å²) in [4.78, 5) is 29.5.